The molecule has 47 heavy (non-hydrogen) atoms. The Balaban J connectivity index is 1.34. The molecule has 0 bridgehead atoms. The molecule has 238 valence electrons. The normalized spacial score (nSPS) is 15.3. The van der Waals surface area contributed by atoms with Crippen LogP contribution in [-0.4, -0.2) is 68.2 Å². The van der Waals surface area contributed by atoms with E-state index < -0.39 is 35.2 Å². The molecule has 1 unspecified atom stereocenters. The Kier molecular flexibility index (Phi) is 7.29. The van der Waals surface area contributed by atoms with Crippen LogP contribution in [0.2, 0.25) is 0 Å². The van der Waals surface area contributed by atoms with Gasteiger partial charge in [-0.2, -0.15) is 18.2 Å². The van der Waals surface area contributed by atoms with Crippen LogP contribution in [0, 0.1) is 13.8 Å². The van der Waals surface area contributed by atoms with Crippen LogP contribution in [0.3, 0.4) is 0 Å². The maximum absolute atomic E-state index is 14.6. The van der Waals surface area contributed by atoms with E-state index in [4.69, 9.17) is 0 Å². The number of hydrogen-bond acceptors (Lipinski definition) is 10. The van der Waals surface area contributed by atoms with Crippen molar-refractivity contribution in [3.63, 3.8) is 0 Å². The van der Waals surface area contributed by atoms with Gasteiger partial charge in [-0.3, -0.25) is 9.59 Å². The van der Waals surface area contributed by atoms with E-state index in [0.29, 0.717) is 41.1 Å². The van der Waals surface area contributed by atoms with Gasteiger partial charge in [0.15, 0.2) is 17.0 Å². The molecule has 0 spiro atoms. The number of rotatable bonds is 6. The van der Waals surface area contributed by atoms with Gasteiger partial charge in [0.25, 0.3) is 0 Å². The number of aryl methyl sites for hydroxylation is 2. The smallest absolute Gasteiger partial charge is 0.355 e. The minimum Gasteiger partial charge on any atom is -0.355 e. The maximum Gasteiger partial charge on any atom is 0.434 e. The van der Waals surface area contributed by atoms with E-state index in [0.717, 1.165) is 23.1 Å². The predicted molar refractivity (Wildman–Crippen MR) is 161 cm³/mol. The first kappa shape index (κ1) is 29.8. The lowest BCUT2D eigenvalue weighted by atomic mass is 9.98. The lowest BCUT2D eigenvalue weighted by Crippen LogP contribution is -2.35. The Bertz CT molecular complexity index is 2180. The molecular weight excluding hydrogens is 617 g/mol. The summed E-state index contributed by atoms with van der Waals surface area (Å²) in [6.07, 6.45) is -0.310. The van der Waals surface area contributed by atoms with Crippen LogP contribution < -0.4 is 10.2 Å². The number of carbonyl (C=O) groups excluding carboxylic acids is 2. The van der Waals surface area contributed by atoms with Crippen LogP contribution in [-0.2, 0) is 22.2 Å². The Morgan fingerprint density at radius 3 is 2.55 bits per heavy atom. The van der Waals surface area contributed by atoms with Gasteiger partial charge in [0.2, 0.25) is 23.7 Å². The van der Waals surface area contributed by atoms with E-state index in [1.165, 1.54) is 12.5 Å². The molecule has 1 aromatic carbocycles. The first-order valence-electron chi connectivity index (χ1n) is 14.6. The number of hydrogen-bond donors (Lipinski definition) is 3. The number of carbonyl (C=O) groups is 2. The van der Waals surface area contributed by atoms with Gasteiger partial charge >= 0.3 is 6.18 Å². The zero-order valence-corrected chi connectivity index (χ0v) is 24.9. The minimum atomic E-state index is -4.97. The van der Waals surface area contributed by atoms with Crippen molar-refractivity contribution in [3.05, 3.63) is 71.3 Å². The predicted octanol–water partition coefficient (Wildman–Crippen LogP) is 4.01. The van der Waals surface area contributed by atoms with Gasteiger partial charge in [-0.05, 0) is 32.3 Å². The lowest BCUT2D eigenvalue weighted by Gasteiger charge is -2.20. The fourth-order valence-electron chi connectivity index (χ4n) is 5.45. The number of amides is 2. The maximum atomic E-state index is 14.6. The summed E-state index contributed by atoms with van der Waals surface area (Å²) in [5.74, 6) is -2.10. The fraction of sp³-hybridized carbons (Fsp3) is 0.267. The summed E-state index contributed by atoms with van der Waals surface area (Å²) in [5.41, 5.74) is 1.22. The zero-order chi connectivity index (χ0) is 32.9. The number of halogens is 3. The van der Waals surface area contributed by atoms with Crippen LogP contribution in [0.4, 0.5) is 25.1 Å². The summed E-state index contributed by atoms with van der Waals surface area (Å²) < 4.78 is 43.8. The number of piperidine rings is 1. The molecule has 6 heterocycles. The van der Waals surface area contributed by atoms with Crippen LogP contribution in [0.15, 0.2) is 43.0 Å². The van der Waals surface area contributed by atoms with E-state index in [1.807, 2.05) is 13.0 Å². The molecule has 0 saturated carbocycles. The number of nitrogens with one attached hydrogen (secondary N) is 3. The molecule has 1 aliphatic heterocycles. The number of imidazole rings is 2. The van der Waals surface area contributed by atoms with E-state index >= 15 is 0 Å². The summed E-state index contributed by atoms with van der Waals surface area (Å²) in [5, 5.41) is 2.80. The molecule has 17 heteroatoms. The van der Waals surface area contributed by atoms with Crippen molar-refractivity contribution < 1.29 is 22.8 Å². The number of benzene rings is 1. The van der Waals surface area contributed by atoms with Gasteiger partial charge in [-0.1, -0.05) is 29.8 Å². The Hall–Kier alpha value is -5.87. The van der Waals surface area contributed by atoms with E-state index in [1.54, 1.807) is 25.1 Å². The fourth-order valence-corrected chi connectivity index (χ4v) is 5.45. The van der Waals surface area contributed by atoms with Crippen molar-refractivity contribution in [2.45, 2.75) is 45.2 Å². The van der Waals surface area contributed by atoms with Gasteiger partial charge < -0.3 is 15.3 Å². The molecule has 1 fully saturated rings. The van der Waals surface area contributed by atoms with Crippen LogP contribution in [0.1, 0.15) is 47.1 Å². The summed E-state index contributed by atoms with van der Waals surface area (Å²) in [7, 11) is 0. The third-order valence-corrected chi connectivity index (χ3v) is 7.73. The number of aromatic amines is 2. The zero-order valence-electron chi connectivity index (χ0n) is 24.9. The van der Waals surface area contributed by atoms with Crippen molar-refractivity contribution in [1.29, 1.82) is 0 Å². The minimum absolute atomic E-state index is 0.114. The number of aromatic nitrogens is 10. The summed E-state index contributed by atoms with van der Waals surface area (Å²) in [4.78, 5) is 66.5. The number of nitrogens with zero attached hydrogens (tertiary/aromatic N) is 9. The van der Waals surface area contributed by atoms with Crippen molar-refractivity contribution in [2.24, 2.45) is 0 Å². The largest absolute Gasteiger partial charge is 0.434 e. The van der Waals surface area contributed by atoms with Crippen molar-refractivity contribution >= 4 is 46.0 Å². The highest BCUT2D eigenvalue weighted by Gasteiger charge is 2.39. The first-order chi connectivity index (χ1) is 22.5. The average molecular weight is 643 g/mol. The molecule has 7 rings (SSSR count). The third-order valence-electron chi connectivity index (χ3n) is 7.73. The monoisotopic (exact) mass is 642 g/mol. The van der Waals surface area contributed by atoms with Gasteiger partial charge in [-0.15, -0.1) is 0 Å². The second-order valence-corrected chi connectivity index (χ2v) is 11.1. The molecule has 14 nitrogen and oxygen atoms in total. The van der Waals surface area contributed by atoms with Crippen molar-refractivity contribution in [3.8, 4) is 11.4 Å². The molecule has 5 aromatic heterocycles. The van der Waals surface area contributed by atoms with E-state index in [2.05, 4.69) is 55.2 Å². The van der Waals surface area contributed by atoms with Crippen LogP contribution in [0.25, 0.3) is 33.7 Å². The number of alkyl halides is 3. The molecular formula is C30H25F3N12O2. The highest BCUT2D eigenvalue weighted by atomic mass is 19.4. The lowest BCUT2D eigenvalue weighted by molar-refractivity contribution is -0.140. The Morgan fingerprint density at radius 2 is 1.79 bits per heavy atom. The van der Waals surface area contributed by atoms with Crippen molar-refractivity contribution in [1.82, 2.24) is 55.2 Å². The highest BCUT2D eigenvalue weighted by molar-refractivity contribution is 5.99. The molecule has 3 N–H and O–H groups in total. The Morgan fingerprint density at radius 1 is 0.979 bits per heavy atom. The quantitative estimate of drug-likeness (QED) is 0.240. The number of anilines is 2. The van der Waals surface area contributed by atoms with E-state index in [-0.39, 0.29) is 35.4 Å². The summed E-state index contributed by atoms with van der Waals surface area (Å²) in [6, 6.07) is 7.13. The number of fused-ring (bicyclic) bond motifs is 2. The van der Waals surface area contributed by atoms with Crippen LogP contribution in [0.5, 0.6) is 0 Å². The molecule has 1 aliphatic rings. The molecule has 1 atom stereocenters. The SMILES string of the molecule is Cc1cccc(CC(=O)N(c2ncc(-c3nc4ncnc(C)c4[nH]3)c(C(F)(F)F)n2)c2ncc3[nH]c(C4CCCNC4=O)nc3n2)c1. The molecule has 0 radical (unpaired) electrons. The van der Waals surface area contributed by atoms with Crippen molar-refractivity contribution in [2.75, 3.05) is 11.4 Å². The highest BCUT2D eigenvalue weighted by Crippen LogP contribution is 2.37. The van der Waals surface area contributed by atoms with Gasteiger partial charge in [-0.25, -0.2) is 39.8 Å². The molecule has 0 aliphatic carbocycles. The second kappa shape index (κ2) is 11.5. The van der Waals surface area contributed by atoms with Gasteiger partial charge in [0.1, 0.15) is 29.0 Å². The topological polar surface area (TPSA) is 184 Å². The first-order valence-corrected chi connectivity index (χ1v) is 14.6. The number of H-pyrrole nitrogens is 2. The molecule has 2 amide bonds. The summed E-state index contributed by atoms with van der Waals surface area (Å²) >= 11 is 0. The standard InChI is InChI=1S/C30H25F3N12O2/c1-14-5-3-6-16(9-14)10-20(46)45(29-36-12-19-25(44-29)42-23(39-19)17-7-4-8-34-27(17)47)28-35-11-18(22(41-28)30(31,32)33)24-40-21-15(2)37-13-38-26(21)43-24/h3,5-6,9,11-13,17H,4,7-8,10H2,1-2H3,(H,34,47)(H,36,39,42,44)(H,37,38,40,43). The Labute approximate surface area is 263 Å². The molecule has 6 aromatic rings. The second-order valence-electron chi connectivity index (χ2n) is 11.1. The molecule has 1 saturated heterocycles. The summed E-state index contributed by atoms with van der Waals surface area (Å²) in [6.45, 7) is 4.09. The van der Waals surface area contributed by atoms with E-state index in [9.17, 15) is 22.8 Å². The van der Waals surface area contributed by atoms with Gasteiger partial charge in [0.05, 0.1) is 29.8 Å². The third kappa shape index (κ3) is 5.70. The average Bonchev–Trinajstić information content (AvgIpc) is 3.66. The van der Waals surface area contributed by atoms with Crippen LogP contribution >= 0.6 is 0 Å². The van der Waals surface area contributed by atoms with Gasteiger partial charge in [0, 0.05) is 12.7 Å².